The molecule has 0 radical (unpaired) electrons. The molecule has 2 aromatic rings. The zero-order valence-electron chi connectivity index (χ0n) is 16.9. The third-order valence-electron chi connectivity index (χ3n) is 4.49. The van der Waals surface area contributed by atoms with Gasteiger partial charge >= 0.3 is 0 Å². The molecule has 0 saturated carbocycles. The second-order valence-electron chi connectivity index (χ2n) is 6.95. The molecule has 2 amide bonds. The van der Waals surface area contributed by atoms with Crippen LogP contribution < -0.4 is 20.1 Å². The van der Waals surface area contributed by atoms with Gasteiger partial charge in [0.15, 0.2) is 11.5 Å². The Morgan fingerprint density at radius 2 is 1.69 bits per heavy atom. The molecule has 3 rings (SSSR count). The number of amides is 2. The molecule has 2 atom stereocenters. The molecule has 2 N–H and O–H groups in total. The van der Waals surface area contributed by atoms with E-state index in [0.29, 0.717) is 13.2 Å². The van der Waals surface area contributed by atoms with Gasteiger partial charge in [0.1, 0.15) is 0 Å². The van der Waals surface area contributed by atoms with Crippen molar-refractivity contribution in [3.8, 4) is 11.5 Å². The van der Waals surface area contributed by atoms with Crippen LogP contribution in [0.3, 0.4) is 0 Å². The predicted molar refractivity (Wildman–Crippen MR) is 115 cm³/mol. The van der Waals surface area contributed by atoms with Crippen LogP contribution in [0, 0.1) is 0 Å². The summed E-state index contributed by atoms with van der Waals surface area (Å²) in [5.41, 5.74) is 1.71. The van der Waals surface area contributed by atoms with Crippen molar-refractivity contribution < 1.29 is 19.1 Å². The smallest absolute Gasteiger partial charge is 0.233 e. The molecule has 0 aliphatic carbocycles. The maximum Gasteiger partial charge on any atom is 0.233 e. The Morgan fingerprint density at radius 3 is 2.38 bits per heavy atom. The van der Waals surface area contributed by atoms with E-state index in [1.165, 1.54) is 18.7 Å². The van der Waals surface area contributed by atoms with Crippen molar-refractivity contribution >= 4 is 29.3 Å². The van der Waals surface area contributed by atoms with Crippen LogP contribution in [0.15, 0.2) is 47.4 Å². The lowest BCUT2D eigenvalue weighted by atomic mass is 10.1. The van der Waals surface area contributed by atoms with Crippen LogP contribution in [0.5, 0.6) is 11.5 Å². The minimum atomic E-state index is -0.260. The van der Waals surface area contributed by atoms with E-state index in [2.05, 4.69) is 10.6 Å². The molecule has 0 saturated heterocycles. The zero-order chi connectivity index (χ0) is 20.8. The van der Waals surface area contributed by atoms with Crippen LogP contribution in [0.2, 0.25) is 0 Å². The van der Waals surface area contributed by atoms with Crippen molar-refractivity contribution in [2.75, 3.05) is 18.5 Å². The summed E-state index contributed by atoms with van der Waals surface area (Å²) in [6.45, 7) is 6.59. The minimum absolute atomic E-state index is 0.0412. The molecule has 1 aliphatic rings. The van der Waals surface area contributed by atoms with Crippen molar-refractivity contribution in [2.45, 2.75) is 43.4 Å². The van der Waals surface area contributed by atoms with Gasteiger partial charge in [-0.2, -0.15) is 0 Å². The number of rotatable bonds is 6. The van der Waals surface area contributed by atoms with E-state index in [1.54, 1.807) is 0 Å². The number of carbonyl (C=O) groups is 2. The molecule has 1 aliphatic heterocycles. The number of carbonyl (C=O) groups excluding carboxylic acids is 2. The molecule has 1 heterocycles. The molecule has 0 bridgehead atoms. The fraction of sp³-hybridized carbons (Fsp3) is 0.364. The first-order valence-electron chi connectivity index (χ1n) is 9.66. The van der Waals surface area contributed by atoms with Gasteiger partial charge < -0.3 is 20.1 Å². The third kappa shape index (κ3) is 5.90. The number of benzene rings is 2. The van der Waals surface area contributed by atoms with Crippen molar-refractivity contribution in [3.05, 3.63) is 48.0 Å². The van der Waals surface area contributed by atoms with Gasteiger partial charge in [-0.3, -0.25) is 9.59 Å². The highest BCUT2D eigenvalue weighted by molar-refractivity contribution is 8.00. The van der Waals surface area contributed by atoms with Gasteiger partial charge in [0.2, 0.25) is 11.8 Å². The Kier molecular flexibility index (Phi) is 7.04. The van der Waals surface area contributed by atoms with Crippen LogP contribution in [-0.2, 0) is 9.59 Å². The molecule has 0 fully saturated rings. The van der Waals surface area contributed by atoms with Crippen LogP contribution in [-0.4, -0.2) is 30.3 Å². The van der Waals surface area contributed by atoms with Crippen molar-refractivity contribution in [3.63, 3.8) is 0 Å². The van der Waals surface area contributed by atoms with Gasteiger partial charge in [-0.05, 0) is 55.8 Å². The summed E-state index contributed by atoms with van der Waals surface area (Å²) in [7, 11) is 0. The number of hydrogen-bond donors (Lipinski definition) is 2. The zero-order valence-corrected chi connectivity index (χ0v) is 17.7. The molecule has 29 heavy (non-hydrogen) atoms. The summed E-state index contributed by atoms with van der Waals surface area (Å²) >= 11 is 1.47. The van der Waals surface area contributed by atoms with E-state index >= 15 is 0 Å². The van der Waals surface area contributed by atoms with Gasteiger partial charge in [0.05, 0.1) is 24.5 Å². The van der Waals surface area contributed by atoms with Crippen molar-refractivity contribution in [1.82, 2.24) is 5.32 Å². The van der Waals surface area contributed by atoms with E-state index in [4.69, 9.17) is 9.47 Å². The second kappa shape index (κ2) is 9.69. The van der Waals surface area contributed by atoms with E-state index in [9.17, 15) is 9.59 Å². The lowest BCUT2D eigenvalue weighted by Gasteiger charge is -2.19. The first-order valence-corrected chi connectivity index (χ1v) is 10.5. The van der Waals surface area contributed by atoms with E-state index < -0.39 is 0 Å². The Hall–Kier alpha value is -2.67. The quantitative estimate of drug-likeness (QED) is 0.694. The number of ether oxygens (including phenoxy) is 2. The lowest BCUT2D eigenvalue weighted by molar-refractivity contribution is -0.121. The van der Waals surface area contributed by atoms with E-state index in [0.717, 1.165) is 34.1 Å². The third-order valence-corrected chi connectivity index (χ3v) is 5.60. The maximum atomic E-state index is 12.6. The lowest BCUT2D eigenvalue weighted by Crippen LogP contribution is -2.33. The topological polar surface area (TPSA) is 76.7 Å². The van der Waals surface area contributed by atoms with Crippen molar-refractivity contribution in [2.24, 2.45) is 0 Å². The van der Waals surface area contributed by atoms with Gasteiger partial charge in [-0.1, -0.05) is 6.07 Å². The maximum absolute atomic E-state index is 12.6. The number of nitrogens with one attached hydrogen (secondary N) is 2. The van der Waals surface area contributed by atoms with Crippen LogP contribution in [0.25, 0.3) is 0 Å². The molecule has 154 valence electrons. The first kappa shape index (κ1) is 21.0. The van der Waals surface area contributed by atoms with Gasteiger partial charge in [-0.25, -0.2) is 0 Å². The number of hydrogen-bond acceptors (Lipinski definition) is 5. The van der Waals surface area contributed by atoms with Crippen LogP contribution in [0.1, 0.15) is 38.8 Å². The number of thioether (sulfide) groups is 1. The molecule has 2 aromatic carbocycles. The molecular formula is C22H26N2O4S. The average Bonchev–Trinajstić information content (AvgIpc) is 2.93. The fourth-order valence-corrected chi connectivity index (χ4v) is 3.82. The Labute approximate surface area is 175 Å². The second-order valence-corrected chi connectivity index (χ2v) is 8.37. The fourth-order valence-electron chi connectivity index (χ4n) is 2.94. The molecule has 6 nitrogen and oxygen atoms in total. The molecule has 7 heteroatoms. The highest BCUT2D eigenvalue weighted by Crippen LogP contribution is 2.32. The summed E-state index contributed by atoms with van der Waals surface area (Å²) in [6, 6.07) is 13.1. The average molecular weight is 415 g/mol. The van der Waals surface area contributed by atoms with E-state index in [-0.39, 0.29) is 23.1 Å². The number of fused-ring (bicyclic) bond motifs is 1. The van der Waals surface area contributed by atoms with Gasteiger partial charge in [0.25, 0.3) is 0 Å². The first-order chi connectivity index (χ1) is 13.9. The summed E-state index contributed by atoms with van der Waals surface area (Å²) in [5.74, 6) is 1.32. The van der Waals surface area contributed by atoms with Gasteiger partial charge in [-0.15, -0.1) is 11.8 Å². The summed E-state index contributed by atoms with van der Waals surface area (Å²) in [4.78, 5) is 24.7. The molecule has 0 spiro atoms. The Balaban J connectivity index is 1.57. The van der Waals surface area contributed by atoms with Gasteiger partial charge in [0, 0.05) is 23.9 Å². The largest absolute Gasteiger partial charge is 0.490 e. The highest BCUT2D eigenvalue weighted by Gasteiger charge is 2.19. The number of anilines is 1. The van der Waals surface area contributed by atoms with Crippen molar-refractivity contribution in [1.29, 1.82) is 0 Å². The molecule has 0 aromatic heterocycles. The highest BCUT2D eigenvalue weighted by atomic mass is 32.2. The monoisotopic (exact) mass is 414 g/mol. The SMILES string of the molecule is CC(=O)Nc1ccc(SC(C)C(=O)NC(C)c2ccc3c(c2)OCCCO3)cc1. The minimum Gasteiger partial charge on any atom is -0.490 e. The van der Waals surface area contributed by atoms with Crippen LogP contribution >= 0.6 is 11.8 Å². The standard InChI is InChI=1S/C22H26N2O4S/c1-14(17-5-10-20-21(13-17)28-12-4-11-27-20)23-22(26)15(2)29-19-8-6-18(7-9-19)24-16(3)25/h5-10,13-15H,4,11-12H2,1-3H3,(H,23,26)(H,24,25). The van der Waals surface area contributed by atoms with Crippen LogP contribution in [0.4, 0.5) is 5.69 Å². The summed E-state index contributed by atoms with van der Waals surface area (Å²) < 4.78 is 11.4. The molecular weight excluding hydrogens is 388 g/mol. The summed E-state index contributed by atoms with van der Waals surface area (Å²) in [5, 5.41) is 5.53. The Bertz CT molecular complexity index is 870. The normalized spacial score (nSPS) is 15.0. The Morgan fingerprint density at radius 1 is 1.00 bits per heavy atom. The predicted octanol–water partition coefficient (Wildman–Crippen LogP) is 4.16. The summed E-state index contributed by atoms with van der Waals surface area (Å²) in [6.07, 6.45) is 0.858. The molecule has 2 unspecified atom stereocenters. The van der Waals surface area contributed by atoms with E-state index in [1.807, 2.05) is 56.3 Å².